The predicted molar refractivity (Wildman–Crippen MR) is 105 cm³/mol. The van der Waals surface area contributed by atoms with E-state index in [1.807, 2.05) is 43.7 Å². The Morgan fingerprint density at radius 3 is 2.52 bits per heavy atom. The smallest absolute Gasteiger partial charge is 0.541 e. The summed E-state index contributed by atoms with van der Waals surface area (Å²) in [6.45, 7) is 6.31. The van der Waals surface area contributed by atoms with E-state index >= 15 is 0 Å². The molecule has 0 saturated carbocycles. The lowest BCUT2D eigenvalue weighted by atomic mass is 10.1. The van der Waals surface area contributed by atoms with E-state index in [1.165, 1.54) is 0 Å². The summed E-state index contributed by atoms with van der Waals surface area (Å²) in [4.78, 5) is 4.98. The van der Waals surface area contributed by atoms with Crippen LogP contribution >= 0.6 is 0 Å². The molecule has 1 radical (unpaired) electrons. The summed E-state index contributed by atoms with van der Waals surface area (Å²) < 4.78 is 7.84. The first-order valence-electron chi connectivity index (χ1n) is 8.25. The van der Waals surface area contributed by atoms with E-state index in [0.717, 1.165) is 33.8 Å². The topological polar surface area (TPSA) is 39.4 Å². The quantitative estimate of drug-likeness (QED) is 0.497. The maximum atomic E-state index is 6.05. The van der Waals surface area contributed by atoms with Crippen molar-refractivity contribution in [1.82, 2.24) is 9.78 Å². The molecule has 3 aromatic rings. The molecule has 0 aliphatic heterocycles. The van der Waals surface area contributed by atoms with Gasteiger partial charge in [-0.3, -0.25) is 4.68 Å². The van der Waals surface area contributed by atoms with Gasteiger partial charge in [0.15, 0.2) is 0 Å². The summed E-state index contributed by atoms with van der Waals surface area (Å²) >= 11 is 0. The Bertz CT molecular complexity index is 891. The summed E-state index contributed by atoms with van der Waals surface area (Å²) in [5, 5.41) is 4.30. The molecule has 0 saturated heterocycles. The van der Waals surface area contributed by atoms with Crippen molar-refractivity contribution in [2.24, 2.45) is 12.0 Å². The fourth-order valence-corrected chi connectivity index (χ4v) is 3.19. The second-order valence-electron chi connectivity index (χ2n) is 6.21. The summed E-state index contributed by atoms with van der Waals surface area (Å²) in [7, 11) is 1.05. The summed E-state index contributed by atoms with van der Waals surface area (Å²) in [6.07, 6.45) is 3.83. The van der Waals surface area contributed by atoms with Crippen molar-refractivity contribution >= 4 is 20.4 Å². The van der Waals surface area contributed by atoms with Crippen molar-refractivity contribution < 1.29 is 5.85 Å². The van der Waals surface area contributed by atoms with Gasteiger partial charge >= 0.3 is 1.43 Å². The molecule has 0 atom stereocenters. The molecule has 4 nitrogen and oxygen atoms in total. The molecule has 1 aromatic heterocycles. The molecule has 0 amide bonds. The molecule has 3 rings (SSSR count). The second kappa shape index (κ2) is 7.48. The van der Waals surface area contributed by atoms with Gasteiger partial charge < -0.3 is 4.43 Å². The van der Waals surface area contributed by atoms with Crippen LogP contribution in [0.4, 0.5) is 5.69 Å². The van der Waals surface area contributed by atoms with E-state index in [1.54, 1.807) is 4.68 Å². The zero-order valence-corrected chi connectivity index (χ0v) is 16.0. The van der Waals surface area contributed by atoms with Gasteiger partial charge in [-0.25, -0.2) is 4.99 Å². The Labute approximate surface area is 152 Å². The lowest BCUT2D eigenvalue weighted by Gasteiger charge is -2.13. The number of rotatable bonds is 5. The van der Waals surface area contributed by atoms with Crippen LogP contribution in [0, 0.1) is 6.92 Å². The number of benzene rings is 2. The van der Waals surface area contributed by atoms with Crippen molar-refractivity contribution in [3.8, 4) is 5.75 Å². The molecular formula is C20H23N3OSi+. The van der Waals surface area contributed by atoms with Gasteiger partial charge in [0.05, 0.1) is 11.9 Å². The van der Waals surface area contributed by atoms with Gasteiger partial charge in [0.1, 0.15) is 11.4 Å². The van der Waals surface area contributed by atoms with Crippen LogP contribution in [0.1, 0.15) is 18.1 Å². The number of aliphatic imine (C=N–C) groups is 1. The van der Waals surface area contributed by atoms with Crippen molar-refractivity contribution in [3.05, 3.63) is 77.6 Å². The Hall–Kier alpha value is -2.66. The summed E-state index contributed by atoms with van der Waals surface area (Å²) in [5.41, 5.74) is 4.95. The number of hydrogen-bond acceptors (Lipinski definition) is 3. The highest BCUT2D eigenvalue weighted by Gasteiger charge is 2.12. The number of aromatic nitrogens is 2. The van der Waals surface area contributed by atoms with Crippen molar-refractivity contribution in [2.75, 3.05) is 0 Å². The number of aryl methyl sites for hydroxylation is 2. The first kappa shape index (κ1) is 17.2. The Morgan fingerprint density at radius 1 is 1.12 bits per heavy atom. The molecule has 0 fully saturated rings. The Balaban J connectivity index is 0.00000243. The molecule has 25 heavy (non-hydrogen) atoms. The normalized spacial score (nSPS) is 11.8. The molecule has 0 N–H and O–H groups in total. The molecule has 2 aromatic carbocycles. The predicted octanol–water partition coefficient (Wildman–Crippen LogP) is 4.64. The summed E-state index contributed by atoms with van der Waals surface area (Å²) in [5.74, 6) is 0.835. The molecule has 0 aliphatic carbocycles. The molecule has 0 aliphatic rings. The van der Waals surface area contributed by atoms with Crippen LogP contribution in [-0.2, 0) is 7.05 Å². The third-order valence-electron chi connectivity index (χ3n) is 3.69. The van der Waals surface area contributed by atoms with Gasteiger partial charge in [0, 0.05) is 24.4 Å². The fraction of sp³-hybridized carbons (Fsp3) is 0.200. The van der Waals surface area contributed by atoms with Crippen molar-refractivity contribution in [1.29, 1.82) is 0 Å². The molecular weight excluding hydrogens is 326 g/mol. The van der Waals surface area contributed by atoms with Crippen LogP contribution in [0.5, 0.6) is 5.75 Å². The lowest BCUT2D eigenvalue weighted by Crippen LogP contribution is -2.11. The highest BCUT2D eigenvalue weighted by atomic mass is 28.3. The molecule has 0 unspecified atom stereocenters. The Kier molecular flexibility index (Phi) is 5.14. The van der Waals surface area contributed by atoms with Crippen LogP contribution in [0.3, 0.4) is 0 Å². The average Bonchev–Trinajstić information content (AvgIpc) is 3.01. The zero-order chi connectivity index (χ0) is 17.8. The fourth-order valence-electron chi connectivity index (χ4n) is 2.58. The van der Waals surface area contributed by atoms with E-state index < -0.39 is 9.04 Å². The van der Waals surface area contributed by atoms with Gasteiger partial charge in [-0.15, -0.1) is 0 Å². The van der Waals surface area contributed by atoms with Gasteiger partial charge in [-0.2, -0.15) is 5.10 Å². The maximum Gasteiger partial charge on any atom is 1.00 e. The highest BCUT2D eigenvalue weighted by molar-refractivity contribution is 6.49. The van der Waals surface area contributed by atoms with Crippen LogP contribution in [-0.4, -0.2) is 24.5 Å². The highest BCUT2D eigenvalue weighted by Crippen LogP contribution is 2.30. The van der Waals surface area contributed by atoms with E-state index in [9.17, 15) is 0 Å². The standard InChI is InChI=1S/C20H22N3OSi/c1-15-10-11-19(24-25(3)4)18(12-15)22-20(16-8-6-5-7-9-16)17-13-21-23(2)14-17/h5-14H,1-4H3/p+1. The molecule has 127 valence electrons. The number of nitrogens with zero attached hydrogens (tertiary/aromatic N) is 3. The first-order chi connectivity index (χ1) is 12.0. The third kappa shape index (κ3) is 4.25. The van der Waals surface area contributed by atoms with Gasteiger partial charge in [-0.05, 0) is 37.7 Å². The number of hydrogen-bond donors (Lipinski definition) is 0. The van der Waals surface area contributed by atoms with E-state index in [4.69, 9.17) is 9.42 Å². The van der Waals surface area contributed by atoms with E-state index in [0.29, 0.717) is 0 Å². The lowest BCUT2D eigenvalue weighted by molar-refractivity contribution is 0.582. The van der Waals surface area contributed by atoms with Crippen LogP contribution in [0.2, 0.25) is 13.1 Å². The van der Waals surface area contributed by atoms with Gasteiger partial charge in [-0.1, -0.05) is 36.4 Å². The monoisotopic (exact) mass is 349 g/mol. The molecule has 1 heterocycles. The van der Waals surface area contributed by atoms with E-state index in [-0.39, 0.29) is 1.43 Å². The van der Waals surface area contributed by atoms with Gasteiger partial charge in [0.25, 0.3) is 9.04 Å². The first-order valence-corrected chi connectivity index (χ1v) is 10.7. The third-order valence-corrected chi connectivity index (χ3v) is 4.31. The second-order valence-corrected chi connectivity index (χ2v) is 8.23. The average molecular weight is 350 g/mol. The van der Waals surface area contributed by atoms with E-state index in [2.05, 4.69) is 49.4 Å². The summed E-state index contributed by atoms with van der Waals surface area (Å²) in [6, 6.07) is 16.3. The minimum Gasteiger partial charge on any atom is -0.541 e. The Morgan fingerprint density at radius 2 is 1.88 bits per heavy atom. The van der Waals surface area contributed by atoms with Crippen LogP contribution in [0.25, 0.3) is 0 Å². The van der Waals surface area contributed by atoms with Gasteiger partial charge in [0.2, 0.25) is 0 Å². The van der Waals surface area contributed by atoms with Crippen molar-refractivity contribution in [3.63, 3.8) is 0 Å². The SMILES string of the molecule is Cc1ccc(O[Si](C)C)c(N=C(c2ccccc2)c2cnn(C)c2)c1.[H+]. The largest absolute Gasteiger partial charge is 1.00 e. The van der Waals surface area contributed by atoms with Crippen LogP contribution in [0.15, 0.2) is 65.9 Å². The molecule has 0 bridgehead atoms. The minimum atomic E-state index is -0.867. The molecule has 5 heteroatoms. The van der Waals surface area contributed by atoms with Crippen molar-refractivity contribution in [2.45, 2.75) is 20.0 Å². The van der Waals surface area contributed by atoms with Crippen LogP contribution < -0.4 is 4.43 Å². The molecule has 0 spiro atoms. The zero-order valence-electron chi connectivity index (χ0n) is 16.0. The maximum absolute atomic E-state index is 6.05. The minimum absolute atomic E-state index is 0.